The fraction of sp³-hybridized carbons (Fsp3) is 0.286. The highest BCUT2D eigenvalue weighted by Crippen LogP contribution is 2.39. The summed E-state index contributed by atoms with van der Waals surface area (Å²) in [6, 6.07) is 26.3. The summed E-state index contributed by atoms with van der Waals surface area (Å²) >= 11 is 0. The number of fused-ring (bicyclic) bond motifs is 3. The third-order valence-corrected chi connectivity index (χ3v) is 7.11. The average Bonchev–Trinajstić information content (AvgIpc) is 3.25. The second-order valence-electron chi connectivity index (χ2n) is 11.4. The summed E-state index contributed by atoms with van der Waals surface area (Å²) in [6.45, 7) is 15.7. The van der Waals surface area contributed by atoms with E-state index in [1.54, 1.807) is 0 Å². The number of furan rings is 1. The molecule has 0 spiro atoms. The normalized spacial score (nSPS) is 11.9. The van der Waals surface area contributed by atoms with E-state index in [1.165, 1.54) is 38.9 Å². The summed E-state index contributed by atoms with van der Waals surface area (Å²) in [5.41, 5.74) is 10.6. The molecule has 0 fully saturated rings. The van der Waals surface area contributed by atoms with Crippen molar-refractivity contribution in [2.75, 3.05) is 0 Å². The molecule has 188 valence electrons. The predicted molar refractivity (Wildman–Crippen MR) is 158 cm³/mol. The molecule has 2 aromatic heterocycles. The van der Waals surface area contributed by atoms with Gasteiger partial charge in [-0.1, -0.05) is 89.6 Å². The van der Waals surface area contributed by atoms with Gasteiger partial charge in [0.15, 0.2) is 11.9 Å². The number of aryl methyl sites for hydroxylation is 1. The Kier molecular flexibility index (Phi) is 6.77. The van der Waals surface area contributed by atoms with E-state index in [9.17, 15) is 0 Å². The van der Waals surface area contributed by atoms with Crippen LogP contribution >= 0.6 is 0 Å². The summed E-state index contributed by atoms with van der Waals surface area (Å²) in [5.74, 6) is 0. The van der Waals surface area contributed by atoms with Crippen LogP contribution in [-0.4, -0.2) is 0 Å². The maximum absolute atomic E-state index is 6.75. The molecule has 0 aliphatic heterocycles. The molecule has 2 heterocycles. The highest BCUT2D eigenvalue weighted by atomic mass is 16.3. The Morgan fingerprint density at radius 1 is 0.865 bits per heavy atom. The average molecular weight is 489 g/mol. The first-order valence-electron chi connectivity index (χ1n) is 13.6. The molecule has 5 rings (SSSR count). The Hall–Kier alpha value is -3.65. The smallest absolute Gasteiger partial charge is 0.222 e. The van der Waals surface area contributed by atoms with Gasteiger partial charge in [0.05, 0.1) is 5.56 Å². The Morgan fingerprint density at radius 3 is 2.32 bits per heavy atom. The third-order valence-electron chi connectivity index (χ3n) is 7.11. The zero-order chi connectivity index (χ0) is 26.2. The highest BCUT2D eigenvalue weighted by molar-refractivity contribution is 6.10. The van der Waals surface area contributed by atoms with Crippen molar-refractivity contribution in [2.45, 2.75) is 60.3 Å². The van der Waals surface area contributed by atoms with Crippen LogP contribution in [0.5, 0.6) is 0 Å². The molecule has 0 aliphatic carbocycles. The summed E-state index contributed by atoms with van der Waals surface area (Å²) in [6.07, 6.45) is 6.18. The fourth-order valence-corrected chi connectivity index (χ4v) is 5.35. The fourth-order valence-electron chi connectivity index (χ4n) is 5.35. The van der Waals surface area contributed by atoms with Crippen molar-refractivity contribution in [3.05, 3.63) is 96.7 Å². The molecule has 0 radical (unpaired) electrons. The van der Waals surface area contributed by atoms with Gasteiger partial charge in [0.1, 0.15) is 11.2 Å². The van der Waals surface area contributed by atoms with Gasteiger partial charge in [0.2, 0.25) is 5.69 Å². The number of pyridine rings is 1. The second kappa shape index (κ2) is 10.0. The van der Waals surface area contributed by atoms with E-state index in [-0.39, 0.29) is 5.41 Å². The van der Waals surface area contributed by atoms with Crippen molar-refractivity contribution in [3.8, 4) is 22.4 Å². The van der Waals surface area contributed by atoms with Crippen LogP contribution in [0.3, 0.4) is 0 Å². The van der Waals surface area contributed by atoms with Gasteiger partial charge in [-0.25, -0.2) is 0 Å². The zero-order valence-corrected chi connectivity index (χ0v) is 22.9. The first-order chi connectivity index (χ1) is 17.8. The van der Waals surface area contributed by atoms with E-state index < -0.39 is 0 Å². The van der Waals surface area contributed by atoms with Crippen molar-refractivity contribution in [1.29, 1.82) is 0 Å². The van der Waals surface area contributed by atoms with E-state index in [4.69, 9.17) is 4.42 Å². The quantitative estimate of drug-likeness (QED) is 0.208. The molecule has 0 atom stereocenters. The molecule has 0 saturated carbocycles. The van der Waals surface area contributed by atoms with Crippen molar-refractivity contribution >= 4 is 27.6 Å². The highest BCUT2D eigenvalue weighted by Gasteiger charge is 2.26. The summed E-state index contributed by atoms with van der Waals surface area (Å²) < 4.78 is 9.02. The van der Waals surface area contributed by atoms with Gasteiger partial charge < -0.3 is 4.42 Å². The first kappa shape index (κ1) is 25.0. The van der Waals surface area contributed by atoms with Crippen LogP contribution in [0, 0.1) is 5.41 Å². The van der Waals surface area contributed by atoms with E-state index in [1.807, 2.05) is 0 Å². The monoisotopic (exact) mass is 488 g/mol. The number of hydrogen-bond donors (Lipinski definition) is 0. The second-order valence-corrected chi connectivity index (χ2v) is 11.4. The predicted octanol–water partition coefficient (Wildman–Crippen LogP) is 9.63. The Balaban J connectivity index is 1.79. The van der Waals surface area contributed by atoms with Crippen molar-refractivity contribution < 1.29 is 8.98 Å². The molecule has 0 bridgehead atoms. The Labute approximate surface area is 221 Å². The zero-order valence-electron chi connectivity index (χ0n) is 22.9. The van der Waals surface area contributed by atoms with Crippen LogP contribution < -0.4 is 4.57 Å². The minimum atomic E-state index is 0.205. The molecule has 0 amide bonds. The molecular weight excluding hydrogens is 450 g/mol. The van der Waals surface area contributed by atoms with Crippen molar-refractivity contribution in [1.82, 2.24) is 0 Å². The maximum Gasteiger partial charge on any atom is 0.222 e. The third kappa shape index (κ3) is 4.98. The van der Waals surface area contributed by atoms with Crippen LogP contribution in [0.25, 0.3) is 50.0 Å². The number of hydrogen-bond acceptors (Lipinski definition) is 1. The summed E-state index contributed by atoms with van der Waals surface area (Å²) in [5, 5.41) is 2.32. The molecule has 0 unspecified atom stereocenters. The molecular formula is C35H38NO+. The van der Waals surface area contributed by atoms with Crippen LogP contribution in [-0.2, 0) is 12.8 Å². The van der Waals surface area contributed by atoms with Gasteiger partial charge in [0, 0.05) is 29.3 Å². The molecule has 5 aromatic rings. The van der Waals surface area contributed by atoms with Crippen LogP contribution in [0.1, 0.15) is 58.6 Å². The Bertz CT molecular complexity index is 1580. The molecule has 37 heavy (non-hydrogen) atoms. The SMILES string of the molecule is C=C(CC)[n+]1ccc(CC(C)(C)C)cc1-c1c(CCC)ccc2c1oc1cc(-c3ccccc3)ccc12. The number of aromatic nitrogens is 1. The van der Waals surface area contributed by atoms with Gasteiger partial charge in [-0.2, -0.15) is 4.57 Å². The lowest BCUT2D eigenvalue weighted by atomic mass is 9.87. The van der Waals surface area contributed by atoms with Gasteiger partial charge >= 0.3 is 0 Å². The topological polar surface area (TPSA) is 17.0 Å². The van der Waals surface area contributed by atoms with Crippen LogP contribution in [0.2, 0.25) is 0 Å². The van der Waals surface area contributed by atoms with Gasteiger partial charge in [0.25, 0.3) is 0 Å². The van der Waals surface area contributed by atoms with Crippen molar-refractivity contribution in [3.63, 3.8) is 0 Å². The van der Waals surface area contributed by atoms with E-state index in [0.717, 1.165) is 47.9 Å². The summed E-state index contributed by atoms with van der Waals surface area (Å²) in [4.78, 5) is 0. The number of nitrogens with zero attached hydrogens (tertiary/aromatic N) is 1. The molecule has 0 N–H and O–H groups in total. The van der Waals surface area contributed by atoms with Crippen LogP contribution in [0.15, 0.2) is 90.0 Å². The van der Waals surface area contributed by atoms with E-state index >= 15 is 0 Å². The molecule has 0 aliphatic rings. The standard InChI is InChI=1S/C35H38NO/c1-7-12-27-15-18-30-29-17-16-28(26-13-10-9-11-14-26)22-32(29)37-34(30)33(27)31-21-25(23-35(4,5)6)19-20-36(31)24(3)8-2/h9-11,13-22H,3,7-8,12,23H2,1-2,4-6H3/q+1. The molecule has 0 saturated heterocycles. The lowest BCUT2D eigenvalue weighted by molar-refractivity contribution is -0.571. The van der Waals surface area contributed by atoms with Gasteiger partial charge in [-0.05, 0) is 59.2 Å². The lowest BCUT2D eigenvalue weighted by Crippen LogP contribution is -2.34. The van der Waals surface area contributed by atoms with E-state index in [2.05, 4.69) is 125 Å². The molecule has 2 nitrogen and oxygen atoms in total. The first-order valence-corrected chi connectivity index (χ1v) is 13.6. The van der Waals surface area contributed by atoms with Crippen molar-refractivity contribution in [2.24, 2.45) is 5.41 Å². The van der Waals surface area contributed by atoms with E-state index in [0.29, 0.717) is 0 Å². The molecule has 3 aromatic carbocycles. The minimum absolute atomic E-state index is 0.205. The minimum Gasteiger partial charge on any atom is -0.455 e. The Morgan fingerprint density at radius 2 is 1.62 bits per heavy atom. The maximum atomic E-state index is 6.75. The molecule has 2 heteroatoms. The van der Waals surface area contributed by atoms with Gasteiger partial charge in [-0.15, -0.1) is 0 Å². The summed E-state index contributed by atoms with van der Waals surface area (Å²) in [7, 11) is 0. The lowest BCUT2D eigenvalue weighted by Gasteiger charge is -2.18. The number of rotatable bonds is 7. The van der Waals surface area contributed by atoms with Crippen LogP contribution in [0.4, 0.5) is 0 Å². The number of benzene rings is 3. The number of allylic oxidation sites excluding steroid dienone is 1. The largest absolute Gasteiger partial charge is 0.455 e. The van der Waals surface area contributed by atoms with Gasteiger partial charge in [-0.3, -0.25) is 0 Å².